The highest BCUT2D eigenvalue weighted by Gasteiger charge is 2.34. The molecule has 1 radical (unpaired) electrons. The normalized spacial score (nSPS) is 17.4. The first kappa shape index (κ1) is 27.9. The minimum atomic E-state index is -0.540. The second-order valence-electron chi connectivity index (χ2n) is 9.59. The van der Waals surface area contributed by atoms with Gasteiger partial charge >= 0.3 is 11.9 Å². The summed E-state index contributed by atoms with van der Waals surface area (Å²) in [6, 6.07) is -1.95. The van der Waals surface area contributed by atoms with Crippen LogP contribution in [-0.4, -0.2) is 54.4 Å². The molecular formula is C24H48N3O4. The Morgan fingerprint density at radius 1 is 0.806 bits per heavy atom. The van der Waals surface area contributed by atoms with Crippen molar-refractivity contribution in [3.8, 4) is 0 Å². The highest BCUT2D eigenvalue weighted by atomic mass is 16.5. The Morgan fingerprint density at radius 2 is 1.23 bits per heavy atom. The monoisotopic (exact) mass is 444 g/mol. The van der Waals surface area contributed by atoms with Gasteiger partial charge in [-0.1, -0.05) is 41.5 Å². The van der Waals surface area contributed by atoms with Crippen molar-refractivity contribution in [3.63, 3.8) is 0 Å². The number of carbonyl (C=O) groups excluding carboxylic acids is 2. The first-order valence-corrected chi connectivity index (χ1v) is 11.8. The Balaban J connectivity index is 5.89. The van der Waals surface area contributed by atoms with Crippen molar-refractivity contribution in [2.45, 2.75) is 131 Å². The second kappa shape index (κ2) is 14.8. The molecule has 0 saturated carbocycles. The SMILES string of the molecule is [3H]CCC(NC(C(=O)OC(C)C)C(C)C)C(CC([NH])CC)N[C@H](C(=O)OC(C)C)C(C)C. The summed E-state index contributed by atoms with van der Waals surface area (Å²) in [7, 11) is 0. The van der Waals surface area contributed by atoms with E-state index < -0.39 is 12.1 Å². The van der Waals surface area contributed by atoms with Crippen molar-refractivity contribution < 1.29 is 20.4 Å². The van der Waals surface area contributed by atoms with E-state index in [1.54, 1.807) is 0 Å². The predicted octanol–water partition coefficient (Wildman–Crippen LogP) is 3.72. The number of esters is 2. The number of nitrogens with one attached hydrogen (secondary N) is 3. The Labute approximate surface area is 192 Å². The Morgan fingerprint density at radius 3 is 1.55 bits per heavy atom. The van der Waals surface area contributed by atoms with E-state index in [2.05, 4.69) is 10.6 Å². The molecule has 31 heavy (non-hydrogen) atoms. The van der Waals surface area contributed by atoms with E-state index in [1.165, 1.54) is 0 Å². The topological polar surface area (TPSA) is 100 Å². The third-order valence-electron chi connectivity index (χ3n) is 5.16. The summed E-state index contributed by atoms with van der Waals surface area (Å²) in [5.74, 6) is -0.665. The van der Waals surface area contributed by atoms with Crippen LogP contribution in [0.25, 0.3) is 0 Å². The molecule has 0 aliphatic rings. The van der Waals surface area contributed by atoms with Crippen LogP contribution < -0.4 is 16.4 Å². The molecule has 0 spiro atoms. The summed E-state index contributed by atoms with van der Waals surface area (Å²) in [4.78, 5) is 25.5. The molecule has 0 aromatic rings. The van der Waals surface area contributed by atoms with Crippen LogP contribution in [0.1, 0.15) is 89.8 Å². The molecule has 0 aliphatic carbocycles. The summed E-state index contributed by atoms with van der Waals surface area (Å²) < 4.78 is 18.8. The van der Waals surface area contributed by atoms with Gasteiger partial charge in [-0.15, -0.1) is 0 Å². The predicted molar refractivity (Wildman–Crippen MR) is 126 cm³/mol. The molecule has 3 N–H and O–H groups in total. The fraction of sp³-hybridized carbons (Fsp3) is 0.917. The van der Waals surface area contributed by atoms with Gasteiger partial charge < -0.3 is 9.47 Å². The van der Waals surface area contributed by atoms with Gasteiger partial charge in [0.05, 0.1) is 12.2 Å². The largest absolute Gasteiger partial charge is 0.462 e. The number of rotatable bonds is 15. The van der Waals surface area contributed by atoms with Gasteiger partial charge in [0, 0.05) is 19.5 Å². The van der Waals surface area contributed by atoms with E-state index in [4.69, 9.17) is 16.6 Å². The van der Waals surface area contributed by atoms with Crippen molar-refractivity contribution >= 4 is 11.9 Å². The van der Waals surface area contributed by atoms with Crippen LogP contribution >= 0.6 is 0 Å². The maximum atomic E-state index is 12.8. The average Bonchev–Trinajstić information content (AvgIpc) is 2.66. The lowest BCUT2D eigenvalue weighted by molar-refractivity contribution is -0.153. The molecular weight excluding hydrogens is 394 g/mol. The molecule has 0 aromatic heterocycles. The molecule has 183 valence electrons. The minimum absolute atomic E-state index is 0.0140. The molecule has 0 fully saturated rings. The van der Waals surface area contributed by atoms with Crippen molar-refractivity contribution in [1.82, 2.24) is 16.4 Å². The van der Waals surface area contributed by atoms with Crippen molar-refractivity contribution in [3.05, 3.63) is 0 Å². The quantitative estimate of drug-likeness (QED) is 0.373. The maximum absolute atomic E-state index is 12.8. The number of hydrogen-bond acceptors (Lipinski definition) is 6. The van der Waals surface area contributed by atoms with Gasteiger partial charge in [0.25, 0.3) is 0 Å². The van der Waals surface area contributed by atoms with Gasteiger partial charge in [0.1, 0.15) is 12.1 Å². The van der Waals surface area contributed by atoms with Gasteiger partial charge in [-0.3, -0.25) is 26.0 Å². The molecule has 0 aromatic carbocycles. The van der Waals surface area contributed by atoms with E-state index in [1.807, 2.05) is 62.3 Å². The lowest BCUT2D eigenvalue weighted by Gasteiger charge is -2.36. The highest BCUT2D eigenvalue weighted by Crippen LogP contribution is 2.17. The third kappa shape index (κ3) is 11.3. The Kier molecular flexibility index (Phi) is 13.3. The molecule has 5 atom stereocenters. The first-order valence-electron chi connectivity index (χ1n) is 12.5. The fourth-order valence-corrected chi connectivity index (χ4v) is 3.36. The van der Waals surface area contributed by atoms with Crippen molar-refractivity contribution in [2.75, 3.05) is 0 Å². The van der Waals surface area contributed by atoms with Gasteiger partial charge in [0.2, 0.25) is 0 Å². The summed E-state index contributed by atoms with van der Waals surface area (Å²) in [6.07, 6.45) is 1.22. The molecule has 0 heterocycles. The fourth-order valence-electron chi connectivity index (χ4n) is 3.36. The van der Waals surface area contributed by atoms with E-state index in [-0.39, 0.29) is 61.0 Å². The van der Waals surface area contributed by atoms with Gasteiger partial charge in [0.15, 0.2) is 0 Å². The number of hydrogen-bond donors (Lipinski definition) is 2. The second-order valence-corrected chi connectivity index (χ2v) is 9.59. The zero-order chi connectivity index (χ0) is 25.0. The Hall–Kier alpha value is -1.18. The number of carbonyl (C=O) groups is 2. The molecule has 7 heteroatoms. The maximum Gasteiger partial charge on any atom is 0.323 e. The molecule has 0 bridgehead atoms. The third-order valence-corrected chi connectivity index (χ3v) is 5.16. The first-order chi connectivity index (χ1) is 14.8. The van der Waals surface area contributed by atoms with Crippen LogP contribution in [0.4, 0.5) is 0 Å². The smallest absolute Gasteiger partial charge is 0.323 e. The van der Waals surface area contributed by atoms with Crippen molar-refractivity contribution in [1.29, 1.82) is 0 Å². The van der Waals surface area contributed by atoms with Crippen LogP contribution in [0.2, 0.25) is 0 Å². The number of ether oxygens (including phenoxy) is 2. The van der Waals surface area contributed by atoms with Crippen molar-refractivity contribution in [2.24, 2.45) is 11.8 Å². The van der Waals surface area contributed by atoms with Gasteiger partial charge in [-0.2, -0.15) is 0 Å². The van der Waals surface area contributed by atoms with E-state index in [9.17, 15) is 9.59 Å². The van der Waals surface area contributed by atoms with Crippen LogP contribution in [0.5, 0.6) is 0 Å². The molecule has 0 aliphatic heterocycles. The zero-order valence-electron chi connectivity index (χ0n) is 22.2. The van der Waals surface area contributed by atoms with Crippen LogP contribution in [0, 0.1) is 11.8 Å². The van der Waals surface area contributed by atoms with Gasteiger partial charge in [-0.05, 0) is 58.8 Å². The lowest BCUT2D eigenvalue weighted by Crippen LogP contribution is -2.59. The Bertz CT molecular complexity index is 543. The summed E-state index contributed by atoms with van der Waals surface area (Å²) >= 11 is 0. The zero-order valence-corrected chi connectivity index (χ0v) is 21.2. The lowest BCUT2D eigenvalue weighted by atomic mass is 9.92. The van der Waals surface area contributed by atoms with E-state index >= 15 is 0 Å². The molecule has 4 unspecified atom stereocenters. The molecule has 7 nitrogen and oxygen atoms in total. The van der Waals surface area contributed by atoms with Gasteiger partial charge in [-0.25, -0.2) is 0 Å². The summed E-state index contributed by atoms with van der Waals surface area (Å²) in [5, 5.41) is 6.86. The van der Waals surface area contributed by atoms with Crippen LogP contribution in [0.15, 0.2) is 0 Å². The van der Waals surface area contributed by atoms with Crippen LogP contribution in [-0.2, 0) is 19.1 Å². The average molecular weight is 445 g/mol. The minimum Gasteiger partial charge on any atom is -0.462 e. The molecule has 0 amide bonds. The molecule has 0 saturated heterocycles. The highest BCUT2D eigenvalue weighted by molar-refractivity contribution is 5.77. The van der Waals surface area contributed by atoms with E-state index in [0.29, 0.717) is 19.3 Å². The standard InChI is InChI=1S/C24H48N3O4/c1-11-18(25)13-20(27-22(15(5)6)24(29)31-17(9)10)19(12-2)26-21(14(3)4)23(28)30-16(7)8/h14-22,25-27H,11-13H2,1-10H3/t18?,19?,20?,21?,22-/m0/s1/i2T. The summed E-state index contributed by atoms with van der Waals surface area (Å²) in [6.45, 7) is 17.2. The molecule has 0 rings (SSSR count). The van der Waals surface area contributed by atoms with E-state index in [0.717, 1.165) is 0 Å². The summed E-state index contributed by atoms with van der Waals surface area (Å²) in [5.41, 5.74) is 8.37. The van der Waals surface area contributed by atoms with Crippen LogP contribution in [0.3, 0.4) is 0 Å².